The standard InChI is InChI=1S/C53H88N10O12/c1-15-32(9)43-52(74)61(12)39(23-30(5)6)49(71)55-27-42(67)57-37(25-35-20-18-17-19-21-35)51(73)63(14)45(34(11)65)50(72)60-44(33(10)16-2)53(75)62(13)40(24-31(7)8)48(70)54-26-41(66)56-36(22-29(3)4)46(68)58-38(28-64)47(69)59-43/h17-21,29-34,36-40,43-45,64-65H,15-16,22-28H2,1-14H3,(H,54,70)(H,55,71)(H,56,66)(H,57,67)(H,58,68)(H,59,69)(H,60,72)/t32-,33-,34+,36-,37-,38-,39+,40-,43-,44-,45-/m0/s1. The lowest BCUT2D eigenvalue weighted by molar-refractivity contribution is -0.148. The molecule has 1 aliphatic heterocycles. The molecule has 1 aliphatic rings. The van der Waals surface area contributed by atoms with E-state index in [0.717, 1.165) is 4.90 Å². The summed E-state index contributed by atoms with van der Waals surface area (Å²) in [6.07, 6.45) is -0.499. The molecule has 11 atom stereocenters. The third kappa shape index (κ3) is 19.8. The minimum absolute atomic E-state index is 0.0765. The molecule has 75 heavy (non-hydrogen) atoms. The Hall–Kier alpha value is -6.16. The Balaban J connectivity index is 2.80. The fourth-order valence-electron chi connectivity index (χ4n) is 8.76. The lowest BCUT2D eigenvalue weighted by Gasteiger charge is -2.36. The molecular weight excluding hydrogens is 969 g/mol. The number of nitrogens with one attached hydrogen (secondary N) is 7. The Morgan fingerprint density at radius 3 is 1.32 bits per heavy atom. The molecule has 0 unspecified atom stereocenters. The Bertz CT molecular complexity index is 2110. The van der Waals surface area contributed by atoms with Gasteiger partial charge in [0.05, 0.1) is 25.8 Å². The summed E-state index contributed by atoms with van der Waals surface area (Å²) in [5.74, 6) is -9.35. The Labute approximate surface area is 443 Å². The van der Waals surface area contributed by atoms with Gasteiger partial charge in [0.25, 0.3) is 0 Å². The fourth-order valence-corrected chi connectivity index (χ4v) is 8.76. The first-order chi connectivity index (χ1) is 35.1. The minimum Gasteiger partial charge on any atom is -0.394 e. The van der Waals surface area contributed by atoms with E-state index in [4.69, 9.17) is 0 Å². The van der Waals surface area contributed by atoms with Crippen LogP contribution in [0.15, 0.2) is 30.3 Å². The number of hydrogen-bond donors (Lipinski definition) is 9. The van der Waals surface area contributed by atoms with Crippen molar-refractivity contribution in [2.75, 3.05) is 40.8 Å². The smallest absolute Gasteiger partial charge is 0.246 e. The van der Waals surface area contributed by atoms with Crippen LogP contribution in [-0.2, 0) is 54.4 Å². The van der Waals surface area contributed by atoms with Crippen molar-refractivity contribution < 1.29 is 58.2 Å². The van der Waals surface area contributed by atoms with Gasteiger partial charge in [-0.3, -0.25) is 47.9 Å². The van der Waals surface area contributed by atoms with E-state index in [9.17, 15) is 58.2 Å². The van der Waals surface area contributed by atoms with Gasteiger partial charge >= 0.3 is 0 Å². The average Bonchev–Trinajstić information content (AvgIpc) is 3.35. The molecule has 22 nitrogen and oxygen atoms in total. The summed E-state index contributed by atoms with van der Waals surface area (Å²) in [5, 5.41) is 39.8. The maximum absolute atomic E-state index is 14.5. The molecule has 1 aromatic carbocycles. The number of benzene rings is 1. The van der Waals surface area contributed by atoms with Crippen LogP contribution in [0.1, 0.15) is 114 Å². The lowest BCUT2D eigenvalue weighted by atomic mass is 9.95. The van der Waals surface area contributed by atoms with Gasteiger partial charge in [-0.1, -0.05) is 112 Å². The molecule has 2 rings (SSSR count). The molecule has 0 aliphatic carbocycles. The van der Waals surface area contributed by atoms with Crippen LogP contribution in [0.3, 0.4) is 0 Å². The van der Waals surface area contributed by atoms with E-state index in [-0.39, 0.29) is 43.4 Å². The lowest BCUT2D eigenvalue weighted by Crippen LogP contribution is -2.62. The van der Waals surface area contributed by atoms with Gasteiger partial charge < -0.3 is 62.1 Å². The van der Waals surface area contributed by atoms with E-state index >= 15 is 0 Å². The number of aliphatic hydroxyl groups is 2. The van der Waals surface area contributed by atoms with Gasteiger partial charge in [0.1, 0.15) is 48.3 Å². The second-order valence-corrected chi connectivity index (χ2v) is 21.3. The Morgan fingerprint density at radius 2 is 0.920 bits per heavy atom. The molecule has 0 saturated carbocycles. The van der Waals surface area contributed by atoms with Crippen LogP contribution in [0.4, 0.5) is 0 Å². The molecule has 422 valence electrons. The van der Waals surface area contributed by atoms with Crippen LogP contribution in [0, 0.1) is 29.6 Å². The zero-order valence-electron chi connectivity index (χ0n) is 46.7. The second kappa shape index (κ2) is 31.0. The average molecular weight is 1060 g/mol. The van der Waals surface area contributed by atoms with Crippen LogP contribution >= 0.6 is 0 Å². The number of carbonyl (C=O) groups is 10. The first-order valence-corrected chi connectivity index (χ1v) is 26.3. The van der Waals surface area contributed by atoms with Crippen molar-refractivity contribution in [1.82, 2.24) is 51.9 Å². The number of nitrogens with zero attached hydrogens (tertiary/aromatic N) is 3. The van der Waals surface area contributed by atoms with Crippen molar-refractivity contribution in [3.63, 3.8) is 0 Å². The molecule has 9 N–H and O–H groups in total. The fraction of sp³-hybridized carbons (Fsp3) is 0.698. The number of rotatable bonds is 14. The number of aliphatic hydroxyl groups excluding tert-OH is 2. The molecule has 1 fully saturated rings. The second-order valence-electron chi connectivity index (χ2n) is 21.3. The number of carbonyl (C=O) groups excluding carboxylic acids is 10. The molecule has 1 heterocycles. The first kappa shape index (κ1) is 65.0. The summed E-state index contributed by atoms with van der Waals surface area (Å²) in [6.45, 7) is 17.0. The zero-order valence-corrected chi connectivity index (χ0v) is 46.7. The van der Waals surface area contributed by atoms with Gasteiger partial charge in [0.15, 0.2) is 0 Å². The predicted molar refractivity (Wildman–Crippen MR) is 282 cm³/mol. The highest BCUT2D eigenvalue weighted by atomic mass is 16.3. The van der Waals surface area contributed by atoms with Gasteiger partial charge in [-0.05, 0) is 61.3 Å². The van der Waals surface area contributed by atoms with Crippen LogP contribution in [0.5, 0.6) is 0 Å². The molecule has 0 bridgehead atoms. The Morgan fingerprint density at radius 1 is 0.507 bits per heavy atom. The number of hydrogen-bond acceptors (Lipinski definition) is 12. The maximum atomic E-state index is 14.5. The van der Waals surface area contributed by atoms with Crippen molar-refractivity contribution in [2.45, 2.75) is 169 Å². The zero-order chi connectivity index (χ0) is 57.0. The SMILES string of the molecule is CC[C@H](C)[C@@H]1NC(=O)[C@H](CO)NC(=O)[C@H](CC(C)C)NC(=O)CNC(=O)[C@H](CC(C)C)N(C)C(=O)[C@H]([C@@H](C)CC)NC(=O)[C@H]([C@@H](C)O)N(C)C(=O)[C@H](Cc2ccccc2)NC(=O)CNC(=O)[C@@H](CC(C)C)N(C)C1=O. The molecular formula is C53H88N10O12. The van der Waals surface area contributed by atoms with Gasteiger partial charge in [0, 0.05) is 27.6 Å². The van der Waals surface area contributed by atoms with Gasteiger partial charge in [-0.15, -0.1) is 0 Å². The van der Waals surface area contributed by atoms with Gasteiger partial charge in [-0.25, -0.2) is 0 Å². The molecule has 22 heteroatoms. The van der Waals surface area contributed by atoms with Gasteiger partial charge in [0.2, 0.25) is 59.1 Å². The first-order valence-electron chi connectivity index (χ1n) is 26.3. The van der Waals surface area contributed by atoms with Crippen LogP contribution < -0.4 is 37.2 Å². The van der Waals surface area contributed by atoms with E-state index in [0.29, 0.717) is 18.4 Å². The summed E-state index contributed by atoms with van der Waals surface area (Å²) >= 11 is 0. The van der Waals surface area contributed by atoms with E-state index < -0.39 is 145 Å². The van der Waals surface area contributed by atoms with Crippen molar-refractivity contribution in [1.29, 1.82) is 0 Å². The maximum Gasteiger partial charge on any atom is 0.246 e. The summed E-state index contributed by atoms with van der Waals surface area (Å²) < 4.78 is 0. The van der Waals surface area contributed by atoms with E-state index in [1.807, 2.05) is 27.7 Å². The molecule has 0 radical (unpaired) electrons. The van der Waals surface area contributed by atoms with Crippen molar-refractivity contribution >= 4 is 59.1 Å². The molecule has 1 aromatic rings. The topological polar surface area (TPSA) is 305 Å². The monoisotopic (exact) mass is 1060 g/mol. The number of amides is 10. The third-order valence-corrected chi connectivity index (χ3v) is 13.6. The van der Waals surface area contributed by atoms with E-state index in [1.165, 1.54) is 37.9 Å². The largest absolute Gasteiger partial charge is 0.394 e. The third-order valence-electron chi connectivity index (χ3n) is 13.6. The highest BCUT2D eigenvalue weighted by molar-refractivity contribution is 5.99. The Kier molecular flexibility index (Phi) is 26.9. The normalized spacial score (nSPS) is 25.9. The predicted octanol–water partition coefficient (Wildman–Crippen LogP) is -0.0163. The van der Waals surface area contributed by atoms with Gasteiger partial charge in [-0.2, -0.15) is 0 Å². The summed E-state index contributed by atoms with van der Waals surface area (Å²) in [7, 11) is 4.05. The highest BCUT2D eigenvalue weighted by Gasteiger charge is 2.41. The van der Waals surface area contributed by atoms with Crippen molar-refractivity contribution in [2.24, 2.45) is 29.6 Å². The summed E-state index contributed by atoms with van der Waals surface area (Å²) in [5.41, 5.74) is 0.623. The number of likely N-dealkylation sites (N-methyl/N-ethyl adjacent to an activating group) is 3. The molecule has 1 saturated heterocycles. The summed E-state index contributed by atoms with van der Waals surface area (Å²) in [4.78, 5) is 144. The van der Waals surface area contributed by atoms with Crippen LogP contribution in [0.25, 0.3) is 0 Å². The van der Waals surface area contributed by atoms with Crippen molar-refractivity contribution in [3.8, 4) is 0 Å². The van der Waals surface area contributed by atoms with Crippen molar-refractivity contribution in [3.05, 3.63) is 35.9 Å². The van der Waals surface area contributed by atoms with Crippen LogP contribution in [-0.4, -0.2) is 179 Å². The summed E-state index contributed by atoms with van der Waals surface area (Å²) in [6, 6.07) is -1.98. The van der Waals surface area contributed by atoms with E-state index in [2.05, 4.69) is 37.2 Å². The molecule has 0 spiro atoms. The van der Waals surface area contributed by atoms with Crippen LogP contribution in [0.2, 0.25) is 0 Å². The quantitative estimate of drug-likeness (QED) is 0.119. The minimum atomic E-state index is -1.60. The molecule has 0 aromatic heterocycles. The highest BCUT2D eigenvalue weighted by Crippen LogP contribution is 2.20. The molecule has 10 amide bonds. The van der Waals surface area contributed by atoms with E-state index in [1.54, 1.807) is 71.9 Å².